The molecule has 2 heterocycles. The smallest absolute Gasteiger partial charge is 0.251 e. The number of guanidine groups is 1. The van der Waals surface area contributed by atoms with Gasteiger partial charge in [-0.1, -0.05) is 0 Å². The van der Waals surface area contributed by atoms with Crippen LogP contribution in [0.2, 0.25) is 0 Å². The summed E-state index contributed by atoms with van der Waals surface area (Å²) in [4.78, 5) is 23.3. The van der Waals surface area contributed by atoms with Gasteiger partial charge in [0.25, 0.3) is 5.91 Å². The van der Waals surface area contributed by atoms with Crippen LogP contribution in [-0.4, -0.2) is 69.8 Å². The first-order chi connectivity index (χ1) is 13.7. The first-order valence-electron chi connectivity index (χ1n) is 9.63. The van der Waals surface area contributed by atoms with Crippen LogP contribution in [0.15, 0.2) is 35.6 Å². The summed E-state index contributed by atoms with van der Waals surface area (Å²) in [6.07, 6.45) is 3.55. The lowest BCUT2D eigenvalue weighted by atomic mass is 9.96. The van der Waals surface area contributed by atoms with Crippen LogP contribution in [0.25, 0.3) is 0 Å². The number of aromatic amines is 1. The van der Waals surface area contributed by atoms with Crippen molar-refractivity contribution in [1.82, 2.24) is 30.7 Å². The van der Waals surface area contributed by atoms with E-state index in [-0.39, 0.29) is 35.6 Å². The van der Waals surface area contributed by atoms with Crippen molar-refractivity contribution in [2.45, 2.75) is 25.7 Å². The van der Waals surface area contributed by atoms with Crippen LogP contribution in [-0.2, 0) is 0 Å². The van der Waals surface area contributed by atoms with E-state index in [2.05, 4.69) is 35.7 Å². The molecule has 1 aliphatic rings. The minimum absolute atomic E-state index is 0. The Labute approximate surface area is 187 Å². The highest BCUT2D eigenvalue weighted by Crippen LogP contribution is 2.24. The molecular formula is C19H28IN7O2. The topological polar surface area (TPSA) is 119 Å². The van der Waals surface area contributed by atoms with Gasteiger partial charge in [0.2, 0.25) is 0 Å². The van der Waals surface area contributed by atoms with Crippen molar-refractivity contribution in [3.63, 3.8) is 0 Å². The maximum Gasteiger partial charge on any atom is 0.251 e. The molecule has 9 nitrogen and oxygen atoms in total. The summed E-state index contributed by atoms with van der Waals surface area (Å²) < 4.78 is 0. The molecular weight excluding hydrogens is 485 g/mol. The zero-order valence-corrected chi connectivity index (χ0v) is 18.8. The van der Waals surface area contributed by atoms with Gasteiger partial charge in [-0.05, 0) is 44.0 Å². The summed E-state index contributed by atoms with van der Waals surface area (Å²) in [6, 6.07) is 6.19. The second-order valence-corrected chi connectivity index (χ2v) is 6.67. The fraction of sp³-hybridized carbons (Fsp3) is 0.474. The molecule has 1 fully saturated rings. The normalized spacial score (nSPS) is 14.9. The second kappa shape index (κ2) is 11.6. The predicted octanol–water partition coefficient (Wildman–Crippen LogP) is 1.70. The number of hydrogen-bond donors (Lipinski definition) is 4. The maximum absolute atomic E-state index is 12.1. The molecule has 1 aromatic carbocycles. The van der Waals surface area contributed by atoms with Gasteiger partial charge in [-0.15, -0.1) is 24.0 Å². The SMILES string of the molecule is CCNC(=NCCNC(=O)c1ccc(O)cc1)N1CCC(c2ncn[nH]2)CC1.I. The van der Waals surface area contributed by atoms with Crippen molar-refractivity contribution in [2.75, 3.05) is 32.7 Å². The average Bonchev–Trinajstić information content (AvgIpc) is 3.26. The number of nitrogens with zero attached hydrogens (tertiary/aromatic N) is 4. The van der Waals surface area contributed by atoms with Gasteiger partial charge in [-0.2, -0.15) is 5.10 Å². The number of carbonyl (C=O) groups is 1. The lowest BCUT2D eigenvalue weighted by molar-refractivity contribution is 0.0954. The molecule has 0 aliphatic carbocycles. The Morgan fingerprint density at radius 2 is 2.00 bits per heavy atom. The number of hydrogen-bond acceptors (Lipinski definition) is 5. The molecule has 10 heteroatoms. The fourth-order valence-corrected chi connectivity index (χ4v) is 3.25. The summed E-state index contributed by atoms with van der Waals surface area (Å²) in [5, 5.41) is 22.4. The molecule has 1 aliphatic heterocycles. The average molecular weight is 513 g/mol. The van der Waals surface area contributed by atoms with Gasteiger partial charge >= 0.3 is 0 Å². The van der Waals surface area contributed by atoms with E-state index >= 15 is 0 Å². The molecule has 0 saturated carbocycles. The standard InChI is InChI=1S/C19H27N7O2.HI/c1-2-20-19(26-11-7-14(8-12-26)17-23-13-24-25-17)22-10-9-21-18(28)15-3-5-16(27)6-4-15;/h3-6,13-14,27H,2,7-12H2,1H3,(H,20,22)(H,21,28)(H,23,24,25);1H. The Kier molecular flexibility index (Phi) is 9.16. The molecule has 0 radical (unpaired) electrons. The minimum Gasteiger partial charge on any atom is -0.508 e. The van der Waals surface area contributed by atoms with Gasteiger partial charge in [-0.25, -0.2) is 4.98 Å². The largest absolute Gasteiger partial charge is 0.508 e. The van der Waals surface area contributed by atoms with E-state index in [0.29, 0.717) is 24.6 Å². The summed E-state index contributed by atoms with van der Waals surface area (Å²) in [7, 11) is 0. The molecule has 0 spiro atoms. The molecule has 3 rings (SSSR count). The van der Waals surface area contributed by atoms with E-state index in [1.54, 1.807) is 18.5 Å². The number of aliphatic imine (C=N–C) groups is 1. The van der Waals surface area contributed by atoms with Crippen molar-refractivity contribution < 1.29 is 9.90 Å². The minimum atomic E-state index is -0.173. The third-order valence-corrected chi connectivity index (χ3v) is 4.74. The van der Waals surface area contributed by atoms with Crippen molar-refractivity contribution in [2.24, 2.45) is 4.99 Å². The summed E-state index contributed by atoms with van der Waals surface area (Å²) in [6.45, 7) is 5.58. The van der Waals surface area contributed by atoms with E-state index in [0.717, 1.165) is 44.3 Å². The number of benzene rings is 1. The van der Waals surface area contributed by atoms with E-state index in [9.17, 15) is 9.90 Å². The Bertz CT molecular complexity index is 772. The van der Waals surface area contributed by atoms with Gasteiger partial charge < -0.3 is 20.6 Å². The van der Waals surface area contributed by atoms with E-state index in [1.807, 2.05) is 6.92 Å². The summed E-state index contributed by atoms with van der Waals surface area (Å²) in [5.41, 5.74) is 0.517. The monoisotopic (exact) mass is 513 g/mol. The number of aromatic nitrogens is 3. The molecule has 2 aromatic rings. The van der Waals surface area contributed by atoms with Crippen LogP contribution in [0.1, 0.15) is 41.9 Å². The van der Waals surface area contributed by atoms with E-state index in [4.69, 9.17) is 0 Å². The van der Waals surface area contributed by atoms with Crippen LogP contribution in [0.5, 0.6) is 5.75 Å². The molecule has 0 atom stereocenters. The maximum atomic E-state index is 12.1. The number of carbonyl (C=O) groups excluding carboxylic acids is 1. The molecule has 1 saturated heterocycles. The third kappa shape index (κ3) is 6.58. The van der Waals surface area contributed by atoms with E-state index in [1.165, 1.54) is 12.1 Å². The van der Waals surface area contributed by atoms with Crippen LogP contribution in [0.3, 0.4) is 0 Å². The van der Waals surface area contributed by atoms with Crippen LogP contribution in [0.4, 0.5) is 0 Å². The quantitative estimate of drug-likeness (QED) is 0.202. The molecule has 0 bridgehead atoms. The lowest BCUT2D eigenvalue weighted by Gasteiger charge is -2.33. The number of likely N-dealkylation sites (tertiary alicyclic amines) is 1. The zero-order valence-electron chi connectivity index (χ0n) is 16.5. The van der Waals surface area contributed by atoms with Crippen LogP contribution < -0.4 is 10.6 Å². The number of amides is 1. The Morgan fingerprint density at radius 3 is 2.62 bits per heavy atom. The number of rotatable bonds is 6. The number of H-pyrrole nitrogens is 1. The van der Waals surface area contributed by atoms with Gasteiger partial charge in [0.05, 0.1) is 6.54 Å². The van der Waals surface area contributed by atoms with Crippen molar-refractivity contribution in [3.8, 4) is 5.75 Å². The Morgan fingerprint density at radius 1 is 1.28 bits per heavy atom. The van der Waals surface area contributed by atoms with Crippen LogP contribution in [0, 0.1) is 0 Å². The molecule has 29 heavy (non-hydrogen) atoms. The number of nitrogens with one attached hydrogen (secondary N) is 3. The number of phenolic OH excluding ortho intramolecular Hbond substituents is 1. The molecule has 1 amide bonds. The van der Waals surface area contributed by atoms with Gasteiger partial charge in [-0.3, -0.25) is 14.9 Å². The number of halogens is 1. The highest BCUT2D eigenvalue weighted by atomic mass is 127. The Balaban J connectivity index is 0.00000300. The summed E-state index contributed by atoms with van der Waals surface area (Å²) >= 11 is 0. The number of aromatic hydroxyl groups is 1. The molecule has 1 aromatic heterocycles. The second-order valence-electron chi connectivity index (χ2n) is 6.67. The highest BCUT2D eigenvalue weighted by molar-refractivity contribution is 14.0. The predicted molar refractivity (Wildman–Crippen MR) is 122 cm³/mol. The Hall–Kier alpha value is -2.37. The molecule has 158 valence electrons. The highest BCUT2D eigenvalue weighted by Gasteiger charge is 2.24. The van der Waals surface area contributed by atoms with Gasteiger partial charge in [0, 0.05) is 37.7 Å². The fourth-order valence-electron chi connectivity index (χ4n) is 3.25. The van der Waals surface area contributed by atoms with Crippen molar-refractivity contribution in [3.05, 3.63) is 42.0 Å². The molecule has 0 unspecified atom stereocenters. The summed E-state index contributed by atoms with van der Waals surface area (Å²) in [5.74, 6) is 2.21. The first kappa shape index (κ1) is 22.9. The number of piperidine rings is 1. The van der Waals surface area contributed by atoms with E-state index < -0.39 is 0 Å². The van der Waals surface area contributed by atoms with Crippen molar-refractivity contribution in [1.29, 1.82) is 0 Å². The molecule has 4 N–H and O–H groups in total. The van der Waals surface area contributed by atoms with Crippen LogP contribution >= 0.6 is 24.0 Å². The first-order valence-corrected chi connectivity index (χ1v) is 9.63. The zero-order chi connectivity index (χ0) is 19.8. The van der Waals surface area contributed by atoms with Crippen molar-refractivity contribution >= 4 is 35.8 Å². The van der Waals surface area contributed by atoms with Gasteiger partial charge in [0.15, 0.2) is 5.96 Å². The van der Waals surface area contributed by atoms with Gasteiger partial charge in [0.1, 0.15) is 17.9 Å². The lowest BCUT2D eigenvalue weighted by Crippen LogP contribution is -2.45. The number of phenols is 1. The third-order valence-electron chi connectivity index (χ3n) is 4.74.